The van der Waals surface area contributed by atoms with Gasteiger partial charge in [-0.2, -0.15) is 0 Å². The zero-order valence-corrected chi connectivity index (χ0v) is 14.3. The molecule has 0 spiro atoms. The number of hydrogen-bond donors (Lipinski definition) is 2. The maximum absolute atomic E-state index is 13.0. The molecule has 8 nitrogen and oxygen atoms in total. The Bertz CT molecular complexity index is 1180. The van der Waals surface area contributed by atoms with E-state index < -0.39 is 12.1 Å². The van der Waals surface area contributed by atoms with Crippen LogP contribution >= 0.6 is 0 Å². The molecule has 9 heteroatoms. The topological polar surface area (TPSA) is 97.2 Å². The van der Waals surface area contributed by atoms with Gasteiger partial charge in [0.1, 0.15) is 29.7 Å². The first-order valence-electron chi connectivity index (χ1n) is 8.45. The summed E-state index contributed by atoms with van der Waals surface area (Å²) >= 11 is 0. The summed E-state index contributed by atoms with van der Waals surface area (Å²) in [4.78, 5) is 19.4. The molecule has 0 bridgehead atoms. The van der Waals surface area contributed by atoms with Gasteiger partial charge in [-0.05, 0) is 18.6 Å². The summed E-state index contributed by atoms with van der Waals surface area (Å²) < 4.78 is 20.3. The first-order chi connectivity index (χ1) is 13.1. The van der Waals surface area contributed by atoms with E-state index in [1.165, 1.54) is 0 Å². The molecule has 1 aliphatic carbocycles. The summed E-state index contributed by atoms with van der Waals surface area (Å²) in [5, 5.41) is 11.4. The average molecular weight is 366 g/mol. The van der Waals surface area contributed by atoms with Gasteiger partial charge >= 0.3 is 0 Å². The smallest absolute Gasteiger partial charge is 0.231 e. The Balaban J connectivity index is 1.54. The number of carbonyl (C=O) groups is 1. The van der Waals surface area contributed by atoms with Crippen LogP contribution in [-0.2, 0) is 4.79 Å². The summed E-state index contributed by atoms with van der Waals surface area (Å²) in [6, 6.07) is 5.38. The molecule has 1 amide bonds. The molecule has 2 N–H and O–H groups in total. The van der Waals surface area contributed by atoms with Crippen molar-refractivity contribution in [1.29, 1.82) is 0 Å². The highest BCUT2D eigenvalue weighted by molar-refractivity contribution is 5.98. The van der Waals surface area contributed by atoms with Gasteiger partial charge in [-0.15, -0.1) is 10.2 Å². The van der Waals surface area contributed by atoms with E-state index in [1.54, 1.807) is 19.5 Å². The number of anilines is 1. The Hall–Kier alpha value is -3.49. The highest BCUT2D eigenvalue weighted by atomic mass is 19.1. The maximum atomic E-state index is 13.0. The summed E-state index contributed by atoms with van der Waals surface area (Å²) in [5.41, 5.74) is 3.05. The van der Waals surface area contributed by atoms with E-state index in [4.69, 9.17) is 4.74 Å². The minimum atomic E-state index is -1.04. The zero-order valence-electron chi connectivity index (χ0n) is 14.3. The van der Waals surface area contributed by atoms with Gasteiger partial charge in [0, 0.05) is 35.0 Å². The second-order valence-corrected chi connectivity index (χ2v) is 6.49. The molecule has 0 aromatic carbocycles. The molecule has 2 atom stereocenters. The number of alkyl halides is 1. The third-order valence-electron chi connectivity index (χ3n) is 4.74. The SMILES string of the molecule is COc1cc2nncn2cc1-c1c[nH]c2nc(NC(=O)C3CC3F)ccc12. The molecule has 4 aromatic rings. The quantitative estimate of drug-likeness (QED) is 0.579. The molecule has 1 aliphatic rings. The molecule has 4 aromatic heterocycles. The van der Waals surface area contributed by atoms with Gasteiger partial charge in [-0.3, -0.25) is 9.20 Å². The van der Waals surface area contributed by atoms with Gasteiger partial charge in [0.15, 0.2) is 5.65 Å². The van der Waals surface area contributed by atoms with Crippen LogP contribution in [0.1, 0.15) is 6.42 Å². The standard InChI is InChI=1S/C18H15FN6O2/c1-27-14-5-16-24-21-8-25(16)7-12(14)11-6-20-17-9(11)2-3-15(22-17)23-18(26)10-4-13(10)19/h2-3,5-8,10,13H,4H2,1H3,(H2,20,22,23,26). The van der Waals surface area contributed by atoms with E-state index in [-0.39, 0.29) is 12.3 Å². The molecule has 2 unspecified atom stereocenters. The lowest BCUT2D eigenvalue weighted by molar-refractivity contribution is -0.117. The highest BCUT2D eigenvalue weighted by Gasteiger charge is 2.43. The normalized spacial score (nSPS) is 18.7. The van der Waals surface area contributed by atoms with E-state index in [0.29, 0.717) is 22.9 Å². The van der Waals surface area contributed by atoms with Crippen molar-refractivity contribution in [1.82, 2.24) is 24.6 Å². The fourth-order valence-electron chi connectivity index (χ4n) is 3.17. The Morgan fingerprint density at radius 1 is 1.41 bits per heavy atom. The fourth-order valence-corrected chi connectivity index (χ4v) is 3.17. The highest BCUT2D eigenvalue weighted by Crippen LogP contribution is 2.36. The van der Waals surface area contributed by atoms with Gasteiger partial charge in [-0.25, -0.2) is 9.37 Å². The van der Waals surface area contributed by atoms with Crippen molar-refractivity contribution in [3.63, 3.8) is 0 Å². The van der Waals surface area contributed by atoms with Crippen molar-refractivity contribution in [2.75, 3.05) is 12.4 Å². The second kappa shape index (κ2) is 5.76. The van der Waals surface area contributed by atoms with E-state index in [2.05, 4.69) is 25.5 Å². The van der Waals surface area contributed by atoms with Crippen LogP contribution in [0.15, 0.2) is 36.9 Å². The summed E-state index contributed by atoms with van der Waals surface area (Å²) in [6.45, 7) is 0. The van der Waals surface area contributed by atoms with Gasteiger partial charge in [-0.1, -0.05) is 0 Å². The summed E-state index contributed by atoms with van der Waals surface area (Å²) in [6.07, 6.45) is 4.59. The Morgan fingerprint density at radius 2 is 2.26 bits per heavy atom. The number of fused-ring (bicyclic) bond motifs is 2. The van der Waals surface area contributed by atoms with E-state index >= 15 is 0 Å². The second-order valence-electron chi connectivity index (χ2n) is 6.49. The molecule has 0 radical (unpaired) electrons. The Labute approximate surface area is 152 Å². The van der Waals surface area contributed by atoms with Crippen LogP contribution in [0.2, 0.25) is 0 Å². The maximum Gasteiger partial charge on any atom is 0.231 e. The Kier molecular flexibility index (Phi) is 3.36. The van der Waals surface area contributed by atoms with E-state index in [1.807, 2.05) is 28.9 Å². The largest absolute Gasteiger partial charge is 0.496 e. The lowest BCUT2D eigenvalue weighted by Gasteiger charge is -2.08. The van der Waals surface area contributed by atoms with Gasteiger partial charge < -0.3 is 15.0 Å². The first-order valence-corrected chi connectivity index (χ1v) is 8.45. The van der Waals surface area contributed by atoms with Crippen molar-refractivity contribution >= 4 is 28.4 Å². The van der Waals surface area contributed by atoms with Crippen LogP contribution in [0.3, 0.4) is 0 Å². The third-order valence-corrected chi connectivity index (χ3v) is 4.74. The van der Waals surface area contributed by atoms with E-state index in [9.17, 15) is 9.18 Å². The van der Waals surface area contributed by atoms with Crippen molar-refractivity contribution in [2.24, 2.45) is 5.92 Å². The lowest BCUT2D eigenvalue weighted by atomic mass is 10.1. The molecule has 27 heavy (non-hydrogen) atoms. The number of ether oxygens (including phenoxy) is 1. The Morgan fingerprint density at radius 3 is 3.04 bits per heavy atom. The number of nitrogens with zero attached hydrogens (tertiary/aromatic N) is 4. The predicted octanol–water partition coefficient (Wildman–Crippen LogP) is 2.58. The fraction of sp³-hybridized carbons (Fsp3) is 0.222. The van der Waals surface area contributed by atoms with Gasteiger partial charge in [0.2, 0.25) is 5.91 Å². The van der Waals surface area contributed by atoms with Crippen molar-refractivity contribution in [3.8, 4) is 16.9 Å². The lowest BCUT2D eigenvalue weighted by Crippen LogP contribution is -2.15. The number of aromatic amines is 1. The van der Waals surface area contributed by atoms with Gasteiger partial charge in [0.05, 0.1) is 13.0 Å². The molecular weight excluding hydrogens is 351 g/mol. The molecular formula is C18H15FN6O2. The van der Waals surface area contributed by atoms with Crippen molar-refractivity contribution in [2.45, 2.75) is 12.6 Å². The molecule has 4 heterocycles. The van der Waals surface area contributed by atoms with Crippen molar-refractivity contribution in [3.05, 3.63) is 36.9 Å². The van der Waals surface area contributed by atoms with Crippen LogP contribution in [0.25, 0.3) is 27.8 Å². The molecule has 136 valence electrons. The number of methoxy groups -OCH3 is 1. The first kappa shape index (κ1) is 15.7. The number of H-pyrrole nitrogens is 1. The number of pyridine rings is 2. The van der Waals surface area contributed by atoms with Crippen LogP contribution in [0.4, 0.5) is 10.2 Å². The minimum absolute atomic E-state index is 0.284. The van der Waals surface area contributed by atoms with Crippen LogP contribution in [-0.4, -0.2) is 43.8 Å². The molecule has 0 saturated heterocycles. The number of nitrogens with one attached hydrogen (secondary N) is 2. The van der Waals surface area contributed by atoms with Crippen LogP contribution < -0.4 is 10.1 Å². The average Bonchev–Trinajstić information content (AvgIpc) is 3.07. The molecule has 1 fully saturated rings. The number of carbonyl (C=O) groups excluding carboxylic acids is 1. The number of aromatic nitrogens is 5. The molecule has 1 saturated carbocycles. The number of amides is 1. The number of hydrogen-bond acceptors (Lipinski definition) is 5. The van der Waals surface area contributed by atoms with Crippen molar-refractivity contribution < 1.29 is 13.9 Å². The summed E-state index contributed by atoms with van der Waals surface area (Å²) in [7, 11) is 1.60. The third kappa shape index (κ3) is 2.59. The minimum Gasteiger partial charge on any atom is -0.496 e. The number of halogens is 1. The van der Waals surface area contributed by atoms with Gasteiger partial charge in [0.25, 0.3) is 0 Å². The van der Waals surface area contributed by atoms with Crippen LogP contribution in [0.5, 0.6) is 5.75 Å². The zero-order chi connectivity index (χ0) is 18.5. The monoisotopic (exact) mass is 366 g/mol. The predicted molar refractivity (Wildman–Crippen MR) is 96.3 cm³/mol. The van der Waals surface area contributed by atoms with Crippen LogP contribution in [0, 0.1) is 5.92 Å². The van der Waals surface area contributed by atoms with E-state index in [0.717, 1.165) is 16.5 Å². The molecule has 0 aliphatic heterocycles. The number of rotatable bonds is 4. The molecule has 5 rings (SSSR count). The summed E-state index contributed by atoms with van der Waals surface area (Å²) in [5.74, 6) is 0.167.